The second kappa shape index (κ2) is 9.67. The van der Waals surface area contributed by atoms with Gasteiger partial charge in [-0.2, -0.15) is 4.31 Å². The molecule has 3 aromatic carbocycles. The van der Waals surface area contributed by atoms with Crippen LogP contribution in [0.5, 0.6) is 0 Å². The Bertz CT molecular complexity index is 1160. The zero-order valence-corrected chi connectivity index (χ0v) is 19.0. The Morgan fingerprint density at radius 1 is 0.875 bits per heavy atom. The van der Waals surface area contributed by atoms with Gasteiger partial charge in [-0.05, 0) is 48.6 Å². The lowest BCUT2D eigenvalue weighted by atomic mass is 9.92. The Hall–Kier alpha value is -2.96. The fourth-order valence-electron chi connectivity index (χ4n) is 4.26. The van der Waals surface area contributed by atoms with Crippen molar-refractivity contribution in [3.05, 3.63) is 102 Å². The zero-order valence-electron chi connectivity index (χ0n) is 18.1. The summed E-state index contributed by atoms with van der Waals surface area (Å²) in [6.07, 6.45) is 1.01. The van der Waals surface area contributed by atoms with Crippen LogP contribution in [-0.4, -0.2) is 31.7 Å². The zero-order chi connectivity index (χ0) is 22.6. The predicted molar refractivity (Wildman–Crippen MR) is 126 cm³/mol. The number of sulfonamides is 1. The molecule has 6 heteroatoms. The molecular weight excluding hydrogens is 420 g/mol. The van der Waals surface area contributed by atoms with E-state index in [4.69, 9.17) is 0 Å². The second-order valence-corrected chi connectivity index (χ2v) is 10.1. The molecule has 1 amide bonds. The third kappa shape index (κ3) is 4.76. The van der Waals surface area contributed by atoms with Crippen LogP contribution in [0.2, 0.25) is 0 Å². The highest BCUT2D eigenvalue weighted by Gasteiger charge is 2.33. The van der Waals surface area contributed by atoms with Crippen molar-refractivity contribution >= 4 is 15.9 Å². The number of piperidine rings is 1. The monoisotopic (exact) mass is 448 g/mol. The molecule has 0 aliphatic carbocycles. The Balaban J connectivity index is 1.47. The van der Waals surface area contributed by atoms with E-state index >= 15 is 0 Å². The lowest BCUT2D eigenvalue weighted by Gasteiger charge is -2.32. The van der Waals surface area contributed by atoms with E-state index in [1.165, 1.54) is 4.31 Å². The number of amides is 1. The van der Waals surface area contributed by atoms with Gasteiger partial charge in [0.25, 0.3) is 0 Å². The summed E-state index contributed by atoms with van der Waals surface area (Å²) in [6, 6.07) is 26.2. The highest BCUT2D eigenvalue weighted by Crippen LogP contribution is 2.28. The van der Waals surface area contributed by atoms with Gasteiger partial charge in [0.2, 0.25) is 15.9 Å². The van der Waals surface area contributed by atoms with Crippen molar-refractivity contribution in [1.82, 2.24) is 9.62 Å². The number of hydrogen-bond acceptors (Lipinski definition) is 3. The van der Waals surface area contributed by atoms with Crippen LogP contribution >= 0.6 is 0 Å². The van der Waals surface area contributed by atoms with Crippen LogP contribution in [0.15, 0.2) is 89.8 Å². The highest BCUT2D eigenvalue weighted by atomic mass is 32.2. The minimum absolute atomic E-state index is 0.0288. The van der Waals surface area contributed by atoms with Crippen LogP contribution < -0.4 is 5.32 Å². The molecule has 32 heavy (non-hydrogen) atoms. The topological polar surface area (TPSA) is 66.5 Å². The van der Waals surface area contributed by atoms with Crippen LogP contribution in [0, 0.1) is 12.8 Å². The SMILES string of the molecule is Cc1ccccc1C(NC(=O)C1CCN(S(=O)(=O)c2ccccc2)CC1)c1ccccc1. The van der Waals surface area contributed by atoms with Crippen molar-refractivity contribution in [2.75, 3.05) is 13.1 Å². The summed E-state index contributed by atoms with van der Waals surface area (Å²) in [5.74, 6) is -0.244. The Labute approximate surface area is 190 Å². The van der Waals surface area contributed by atoms with Crippen molar-refractivity contribution in [2.45, 2.75) is 30.7 Å². The number of benzene rings is 3. The van der Waals surface area contributed by atoms with Crippen LogP contribution in [0.4, 0.5) is 0 Å². The minimum atomic E-state index is -3.52. The molecule has 166 valence electrons. The second-order valence-electron chi connectivity index (χ2n) is 8.20. The van der Waals surface area contributed by atoms with Gasteiger partial charge in [0.1, 0.15) is 0 Å². The van der Waals surface area contributed by atoms with Gasteiger partial charge in [-0.25, -0.2) is 8.42 Å². The van der Waals surface area contributed by atoms with E-state index in [-0.39, 0.29) is 17.9 Å². The predicted octanol–water partition coefficient (Wildman–Crippen LogP) is 4.30. The Morgan fingerprint density at radius 2 is 1.44 bits per heavy atom. The molecule has 0 saturated carbocycles. The number of carbonyl (C=O) groups excluding carboxylic acids is 1. The first-order valence-electron chi connectivity index (χ1n) is 10.9. The summed E-state index contributed by atoms with van der Waals surface area (Å²) in [5.41, 5.74) is 3.21. The van der Waals surface area contributed by atoms with Crippen LogP contribution in [0.25, 0.3) is 0 Å². The molecule has 3 aromatic rings. The summed E-state index contributed by atoms with van der Waals surface area (Å²) in [7, 11) is -3.52. The normalized spacial score (nSPS) is 16.4. The van der Waals surface area contributed by atoms with Crippen molar-refractivity contribution < 1.29 is 13.2 Å². The van der Waals surface area contributed by atoms with Crippen LogP contribution in [-0.2, 0) is 14.8 Å². The molecular formula is C26H28N2O3S. The van der Waals surface area contributed by atoms with Crippen molar-refractivity contribution in [2.24, 2.45) is 5.92 Å². The average molecular weight is 449 g/mol. The van der Waals surface area contributed by atoms with E-state index in [2.05, 4.69) is 5.32 Å². The number of aryl methyl sites for hydroxylation is 1. The number of nitrogens with zero attached hydrogens (tertiary/aromatic N) is 1. The summed E-state index contributed by atoms with van der Waals surface area (Å²) < 4.78 is 27.2. The maximum absolute atomic E-state index is 13.2. The molecule has 1 aliphatic rings. The molecule has 1 fully saturated rings. The standard InChI is InChI=1S/C26H28N2O3S/c1-20-10-8-9-15-24(20)25(21-11-4-2-5-12-21)27-26(29)22-16-18-28(19-17-22)32(30,31)23-13-6-3-7-14-23/h2-15,22,25H,16-19H2,1H3,(H,27,29). The average Bonchev–Trinajstić information content (AvgIpc) is 2.84. The summed E-state index contributed by atoms with van der Waals surface area (Å²) in [4.78, 5) is 13.5. The van der Waals surface area contributed by atoms with E-state index in [1.54, 1.807) is 30.3 Å². The maximum Gasteiger partial charge on any atom is 0.243 e. The minimum Gasteiger partial charge on any atom is -0.345 e. The van der Waals surface area contributed by atoms with Gasteiger partial charge in [-0.3, -0.25) is 4.79 Å². The first-order chi connectivity index (χ1) is 15.5. The largest absolute Gasteiger partial charge is 0.345 e. The van der Waals surface area contributed by atoms with Gasteiger partial charge in [0.05, 0.1) is 10.9 Å². The highest BCUT2D eigenvalue weighted by molar-refractivity contribution is 7.89. The number of rotatable bonds is 6. The van der Waals surface area contributed by atoms with Gasteiger partial charge >= 0.3 is 0 Å². The van der Waals surface area contributed by atoms with Crippen molar-refractivity contribution in [3.8, 4) is 0 Å². The van der Waals surface area contributed by atoms with Gasteiger partial charge in [-0.1, -0.05) is 72.8 Å². The molecule has 1 aliphatic heterocycles. The molecule has 0 bridgehead atoms. The molecule has 1 N–H and O–H groups in total. The van der Waals surface area contributed by atoms with Crippen LogP contribution in [0.3, 0.4) is 0 Å². The first kappa shape index (κ1) is 22.2. The molecule has 5 nitrogen and oxygen atoms in total. The summed E-state index contributed by atoms with van der Waals surface area (Å²) >= 11 is 0. The summed E-state index contributed by atoms with van der Waals surface area (Å²) in [5, 5.41) is 3.24. The lowest BCUT2D eigenvalue weighted by molar-refractivity contribution is -0.126. The quantitative estimate of drug-likeness (QED) is 0.611. The number of hydrogen-bond donors (Lipinski definition) is 1. The van der Waals surface area contributed by atoms with E-state index in [1.807, 2.05) is 61.5 Å². The molecule has 1 unspecified atom stereocenters. The lowest BCUT2D eigenvalue weighted by Crippen LogP contribution is -2.43. The van der Waals surface area contributed by atoms with Gasteiger partial charge in [0.15, 0.2) is 0 Å². The van der Waals surface area contributed by atoms with Gasteiger partial charge < -0.3 is 5.32 Å². The third-order valence-corrected chi connectivity index (χ3v) is 8.04. The number of carbonyl (C=O) groups is 1. The maximum atomic E-state index is 13.2. The van der Waals surface area contributed by atoms with Crippen molar-refractivity contribution in [1.29, 1.82) is 0 Å². The molecule has 1 saturated heterocycles. The van der Waals surface area contributed by atoms with Gasteiger partial charge in [-0.15, -0.1) is 0 Å². The number of nitrogens with one attached hydrogen (secondary N) is 1. The Kier molecular flexibility index (Phi) is 6.72. The van der Waals surface area contributed by atoms with Crippen LogP contribution in [0.1, 0.15) is 35.6 Å². The van der Waals surface area contributed by atoms with E-state index in [0.29, 0.717) is 30.8 Å². The first-order valence-corrected chi connectivity index (χ1v) is 12.4. The Morgan fingerprint density at radius 3 is 2.06 bits per heavy atom. The molecule has 1 heterocycles. The fourth-order valence-corrected chi connectivity index (χ4v) is 5.75. The fraction of sp³-hybridized carbons (Fsp3) is 0.269. The molecule has 4 rings (SSSR count). The third-order valence-electron chi connectivity index (χ3n) is 6.12. The summed E-state index contributed by atoms with van der Waals surface area (Å²) in [6.45, 7) is 2.73. The van der Waals surface area contributed by atoms with Gasteiger partial charge in [0, 0.05) is 19.0 Å². The van der Waals surface area contributed by atoms with E-state index < -0.39 is 10.0 Å². The molecule has 0 radical (unpaired) electrons. The molecule has 0 aromatic heterocycles. The smallest absolute Gasteiger partial charge is 0.243 e. The van der Waals surface area contributed by atoms with E-state index in [0.717, 1.165) is 16.7 Å². The van der Waals surface area contributed by atoms with Crippen molar-refractivity contribution in [3.63, 3.8) is 0 Å². The molecule has 0 spiro atoms. The molecule has 1 atom stereocenters. The van der Waals surface area contributed by atoms with E-state index in [9.17, 15) is 13.2 Å².